The molecule has 2 aliphatic rings. The van der Waals surface area contributed by atoms with Gasteiger partial charge >= 0.3 is 0 Å². The molecule has 0 amide bonds. The molecule has 4 heteroatoms. The lowest BCUT2D eigenvalue weighted by atomic mass is 9.79. The third-order valence-electron chi connectivity index (χ3n) is 4.21. The predicted octanol–water partition coefficient (Wildman–Crippen LogP) is 1.14. The second-order valence-corrected chi connectivity index (χ2v) is 5.47. The van der Waals surface area contributed by atoms with Crippen LogP contribution in [0.5, 0.6) is 0 Å². The molecule has 0 saturated heterocycles. The van der Waals surface area contributed by atoms with Crippen molar-refractivity contribution in [3.05, 3.63) is 29.1 Å². The van der Waals surface area contributed by atoms with Gasteiger partial charge in [-0.25, -0.2) is 0 Å². The summed E-state index contributed by atoms with van der Waals surface area (Å²) >= 11 is 0. The van der Waals surface area contributed by atoms with Gasteiger partial charge in [-0.1, -0.05) is 13.0 Å². The van der Waals surface area contributed by atoms with Crippen LogP contribution in [0.25, 0.3) is 0 Å². The zero-order chi connectivity index (χ0) is 12.5. The van der Waals surface area contributed by atoms with Gasteiger partial charge in [-0.3, -0.25) is 10.00 Å². The summed E-state index contributed by atoms with van der Waals surface area (Å²) in [6.45, 7) is 4.46. The third kappa shape index (κ3) is 1.99. The van der Waals surface area contributed by atoms with Gasteiger partial charge in [-0.05, 0) is 42.9 Å². The maximum absolute atomic E-state index is 9.41. The highest BCUT2D eigenvalue weighted by Gasteiger charge is 2.35. The third-order valence-corrected chi connectivity index (χ3v) is 4.21. The summed E-state index contributed by atoms with van der Waals surface area (Å²) in [6.07, 6.45) is 7.55. The normalized spacial score (nSPS) is 27.6. The summed E-state index contributed by atoms with van der Waals surface area (Å²) in [4.78, 5) is 2.53. The Balaban J connectivity index is 1.88. The van der Waals surface area contributed by atoms with Crippen molar-refractivity contribution in [1.29, 1.82) is 0 Å². The summed E-state index contributed by atoms with van der Waals surface area (Å²) in [5.41, 5.74) is 3.83. The molecule has 0 radical (unpaired) electrons. The number of hydrogen-bond donors (Lipinski definition) is 2. The Hall–Kier alpha value is -1.13. The van der Waals surface area contributed by atoms with Crippen LogP contribution >= 0.6 is 0 Å². The first-order valence-electron chi connectivity index (χ1n) is 6.87. The van der Waals surface area contributed by atoms with Gasteiger partial charge in [0, 0.05) is 18.3 Å². The van der Waals surface area contributed by atoms with Gasteiger partial charge in [-0.2, -0.15) is 5.10 Å². The summed E-state index contributed by atoms with van der Waals surface area (Å²) < 4.78 is 0. The first kappa shape index (κ1) is 11.9. The van der Waals surface area contributed by atoms with Crippen LogP contribution in [0.15, 0.2) is 17.8 Å². The van der Waals surface area contributed by atoms with Gasteiger partial charge < -0.3 is 5.11 Å². The lowest BCUT2D eigenvalue weighted by Gasteiger charge is -2.42. The Morgan fingerprint density at radius 2 is 2.39 bits per heavy atom. The first-order chi connectivity index (χ1) is 8.81. The topological polar surface area (TPSA) is 52.1 Å². The smallest absolute Gasteiger partial charge is 0.0654 e. The molecule has 3 rings (SSSR count). The summed E-state index contributed by atoms with van der Waals surface area (Å²) in [6, 6.07) is 0.588. The van der Waals surface area contributed by atoms with Gasteiger partial charge in [0.25, 0.3) is 0 Å². The maximum atomic E-state index is 9.41. The molecule has 98 valence electrons. The Labute approximate surface area is 108 Å². The van der Waals surface area contributed by atoms with E-state index in [0.717, 1.165) is 25.9 Å². The van der Waals surface area contributed by atoms with Crippen LogP contribution in [0.2, 0.25) is 0 Å². The Morgan fingerprint density at radius 3 is 3.17 bits per heavy atom. The Bertz CT molecular complexity index is 452. The molecule has 1 aliphatic carbocycles. The number of rotatable bonds is 3. The van der Waals surface area contributed by atoms with Crippen LogP contribution in [-0.4, -0.2) is 45.9 Å². The van der Waals surface area contributed by atoms with Gasteiger partial charge in [-0.15, -0.1) is 0 Å². The van der Waals surface area contributed by atoms with Crippen molar-refractivity contribution in [3.8, 4) is 0 Å². The van der Waals surface area contributed by atoms with E-state index in [0.29, 0.717) is 12.0 Å². The van der Waals surface area contributed by atoms with Crippen LogP contribution in [0.4, 0.5) is 0 Å². The number of nitrogens with one attached hydrogen (secondary N) is 1. The fourth-order valence-corrected chi connectivity index (χ4v) is 3.38. The molecule has 0 spiro atoms. The molecule has 0 bridgehead atoms. The standard InChI is InChI=1S/C14H21N3O/c1-2-3-17-8-10(9-18)4-11-5-13-12(6-14(11)17)7-15-16-13/h4,7,11,14,18H,2-3,5-6,8-9H2,1H3,(H,15,16)/t11-,14-/m0/s1. The molecule has 1 aromatic rings. The van der Waals surface area contributed by atoms with Gasteiger partial charge in [0.2, 0.25) is 0 Å². The van der Waals surface area contributed by atoms with Crippen LogP contribution < -0.4 is 0 Å². The molecule has 1 aromatic heterocycles. The molecule has 0 fully saturated rings. The van der Waals surface area contributed by atoms with E-state index < -0.39 is 0 Å². The minimum absolute atomic E-state index is 0.194. The number of H-pyrrole nitrogens is 1. The van der Waals surface area contributed by atoms with Crippen molar-refractivity contribution in [2.24, 2.45) is 5.92 Å². The summed E-state index contributed by atoms with van der Waals surface area (Å²) in [7, 11) is 0. The molecule has 2 N–H and O–H groups in total. The van der Waals surface area contributed by atoms with Gasteiger partial charge in [0.15, 0.2) is 0 Å². The van der Waals surface area contributed by atoms with E-state index in [1.807, 2.05) is 6.20 Å². The minimum atomic E-state index is 0.194. The van der Waals surface area contributed by atoms with Crippen LogP contribution in [-0.2, 0) is 12.8 Å². The molecular formula is C14H21N3O. The highest BCUT2D eigenvalue weighted by Crippen LogP contribution is 2.32. The second kappa shape index (κ2) is 4.86. The first-order valence-corrected chi connectivity index (χ1v) is 6.87. The summed E-state index contributed by atoms with van der Waals surface area (Å²) in [5, 5.41) is 16.7. The van der Waals surface area contributed by atoms with E-state index in [4.69, 9.17) is 0 Å². The van der Waals surface area contributed by atoms with E-state index in [-0.39, 0.29) is 6.61 Å². The molecular weight excluding hydrogens is 226 g/mol. The Morgan fingerprint density at radius 1 is 1.50 bits per heavy atom. The molecule has 1 aliphatic heterocycles. The second-order valence-electron chi connectivity index (χ2n) is 5.47. The van der Waals surface area contributed by atoms with E-state index in [1.165, 1.54) is 23.3 Å². The molecule has 0 unspecified atom stereocenters. The van der Waals surface area contributed by atoms with Gasteiger partial charge in [0.05, 0.1) is 12.8 Å². The number of hydrogen-bond acceptors (Lipinski definition) is 3. The van der Waals surface area contributed by atoms with E-state index in [2.05, 4.69) is 28.1 Å². The number of nitrogens with zero attached hydrogens (tertiary/aromatic N) is 2. The lowest BCUT2D eigenvalue weighted by molar-refractivity contribution is 0.141. The van der Waals surface area contributed by atoms with Crippen molar-refractivity contribution in [2.45, 2.75) is 32.2 Å². The molecule has 0 aromatic carbocycles. The average molecular weight is 247 g/mol. The zero-order valence-corrected chi connectivity index (χ0v) is 10.9. The van der Waals surface area contributed by atoms with Crippen LogP contribution in [0, 0.1) is 5.92 Å². The van der Waals surface area contributed by atoms with Crippen molar-refractivity contribution >= 4 is 0 Å². The average Bonchev–Trinajstić information content (AvgIpc) is 2.83. The molecule has 18 heavy (non-hydrogen) atoms. The van der Waals surface area contributed by atoms with Crippen molar-refractivity contribution in [1.82, 2.24) is 15.1 Å². The fourth-order valence-electron chi connectivity index (χ4n) is 3.38. The number of aromatic nitrogens is 2. The van der Waals surface area contributed by atoms with Crippen LogP contribution in [0.3, 0.4) is 0 Å². The lowest BCUT2D eigenvalue weighted by Crippen LogP contribution is -2.49. The zero-order valence-electron chi connectivity index (χ0n) is 10.9. The number of aliphatic hydroxyl groups excluding tert-OH is 1. The van der Waals surface area contributed by atoms with E-state index >= 15 is 0 Å². The SMILES string of the molecule is CCCN1CC(CO)=C[C@H]2Cc3[nH]ncc3C[C@@H]21. The van der Waals surface area contributed by atoms with E-state index in [1.54, 1.807) is 0 Å². The van der Waals surface area contributed by atoms with Crippen molar-refractivity contribution < 1.29 is 5.11 Å². The molecule has 4 nitrogen and oxygen atoms in total. The quantitative estimate of drug-likeness (QED) is 0.788. The largest absolute Gasteiger partial charge is 0.392 e. The number of aromatic amines is 1. The number of aliphatic hydroxyl groups is 1. The predicted molar refractivity (Wildman–Crippen MR) is 70.3 cm³/mol. The monoisotopic (exact) mass is 247 g/mol. The molecule has 2 atom stereocenters. The molecule has 0 saturated carbocycles. The maximum Gasteiger partial charge on any atom is 0.0654 e. The van der Waals surface area contributed by atoms with Gasteiger partial charge in [0.1, 0.15) is 0 Å². The fraction of sp³-hybridized carbons (Fsp3) is 0.643. The minimum Gasteiger partial charge on any atom is -0.392 e. The highest BCUT2D eigenvalue weighted by atomic mass is 16.3. The number of fused-ring (bicyclic) bond motifs is 2. The summed E-state index contributed by atoms with van der Waals surface area (Å²) in [5.74, 6) is 0.528. The van der Waals surface area contributed by atoms with Crippen molar-refractivity contribution in [2.75, 3.05) is 19.7 Å². The highest BCUT2D eigenvalue weighted by molar-refractivity contribution is 5.27. The van der Waals surface area contributed by atoms with Crippen molar-refractivity contribution in [3.63, 3.8) is 0 Å². The molecule has 2 heterocycles. The van der Waals surface area contributed by atoms with Crippen LogP contribution in [0.1, 0.15) is 24.6 Å². The Kier molecular flexibility index (Phi) is 3.22. The van der Waals surface area contributed by atoms with E-state index in [9.17, 15) is 5.11 Å².